The molecular formula is C16H28NO5+. The van der Waals surface area contributed by atoms with Gasteiger partial charge in [-0.25, -0.2) is 0 Å². The van der Waals surface area contributed by atoms with Crippen LogP contribution in [0.1, 0.15) is 39.5 Å². The van der Waals surface area contributed by atoms with Crippen LogP contribution in [0.2, 0.25) is 0 Å². The highest BCUT2D eigenvalue weighted by atomic mass is 16.6. The summed E-state index contributed by atoms with van der Waals surface area (Å²) < 4.78 is 16.1. The summed E-state index contributed by atoms with van der Waals surface area (Å²) in [6.45, 7) is 8.20. The molecule has 2 aliphatic heterocycles. The molecule has 2 aliphatic rings. The van der Waals surface area contributed by atoms with E-state index in [-0.39, 0.29) is 6.10 Å². The zero-order valence-electron chi connectivity index (χ0n) is 13.7. The summed E-state index contributed by atoms with van der Waals surface area (Å²) in [4.78, 5) is 26.2. The summed E-state index contributed by atoms with van der Waals surface area (Å²) >= 11 is 0. The molecular weight excluding hydrogens is 286 g/mol. The highest BCUT2D eigenvalue weighted by molar-refractivity contribution is 6.01. The lowest BCUT2D eigenvalue weighted by Gasteiger charge is -2.26. The van der Waals surface area contributed by atoms with Gasteiger partial charge in [0.25, 0.3) is 0 Å². The molecule has 6 heteroatoms. The number of carbonyl (C=O) groups is 2. The molecule has 6 nitrogen and oxygen atoms in total. The maximum atomic E-state index is 12.4. The number of cyclic esters (lactones) is 1. The quantitative estimate of drug-likeness (QED) is 0.527. The fourth-order valence-electron chi connectivity index (χ4n) is 3.30. The predicted molar refractivity (Wildman–Crippen MR) is 79.5 cm³/mol. The van der Waals surface area contributed by atoms with Crippen LogP contribution in [-0.2, 0) is 23.8 Å². The monoisotopic (exact) mass is 314 g/mol. The Kier molecular flexibility index (Phi) is 6.20. The van der Waals surface area contributed by atoms with Gasteiger partial charge in [0.1, 0.15) is 19.6 Å². The molecule has 2 rings (SSSR count). The largest absolute Gasteiger partial charge is 0.465 e. The highest BCUT2D eigenvalue weighted by Gasteiger charge is 2.56. The molecule has 126 valence electrons. The van der Waals surface area contributed by atoms with E-state index in [0.29, 0.717) is 19.4 Å². The lowest BCUT2D eigenvalue weighted by Crippen LogP contribution is -3.15. The number of rotatable bonds is 7. The van der Waals surface area contributed by atoms with Crippen molar-refractivity contribution in [3.8, 4) is 0 Å². The molecule has 0 aliphatic carbocycles. The Morgan fingerprint density at radius 1 is 1.36 bits per heavy atom. The van der Waals surface area contributed by atoms with E-state index in [9.17, 15) is 9.59 Å². The van der Waals surface area contributed by atoms with Gasteiger partial charge in [0, 0.05) is 6.42 Å². The van der Waals surface area contributed by atoms with Gasteiger partial charge in [0.2, 0.25) is 0 Å². The summed E-state index contributed by atoms with van der Waals surface area (Å²) in [5.41, 5.74) is -1.08. The van der Waals surface area contributed by atoms with E-state index in [4.69, 9.17) is 14.2 Å². The second-order valence-electron chi connectivity index (χ2n) is 6.20. The number of esters is 2. The highest BCUT2D eigenvalue weighted by Crippen LogP contribution is 2.39. The molecule has 2 heterocycles. The molecule has 0 unspecified atom stereocenters. The Bertz CT molecular complexity index is 394. The number of ether oxygens (including phenoxy) is 3. The Hall–Kier alpha value is -1.14. The van der Waals surface area contributed by atoms with Crippen molar-refractivity contribution in [1.29, 1.82) is 0 Å². The fourth-order valence-corrected chi connectivity index (χ4v) is 3.30. The smallest absolute Gasteiger partial charge is 0.324 e. The summed E-state index contributed by atoms with van der Waals surface area (Å²) in [6, 6.07) is 0. The lowest BCUT2D eigenvalue weighted by atomic mass is 9.80. The Labute approximate surface area is 132 Å². The van der Waals surface area contributed by atoms with Crippen LogP contribution in [0.15, 0.2) is 0 Å². The van der Waals surface area contributed by atoms with Crippen LogP contribution in [0.4, 0.5) is 0 Å². The maximum Gasteiger partial charge on any atom is 0.324 e. The number of quaternary nitrogens is 1. The van der Waals surface area contributed by atoms with Crippen LogP contribution in [0.3, 0.4) is 0 Å². The van der Waals surface area contributed by atoms with Gasteiger partial charge in [-0.15, -0.1) is 0 Å². The normalized spacial score (nSPS) is 29.4. The third kappa shape index (κ3) is 3.79. The van der Waals surface area contributed by atoms with Crippen LogP contribution in [-0.4, -0.2) is 57.5 Å². The molecule has 0 amide bonds. The van der Waals surface area contributed by atoms with Crippen molar-refractivity contribution in [3.63, 3.8) is 0 Å². The lowest BCUT2D eigenvalue weighted by molar-refractivity contribution is -0.910. The molecule has 0 spiro atoms. The van der Waals surface area contributed by atoms with E-state index in [1.165, 1.54) is 4.90 Å². The average molecular weight is 314 g/mol. The van der Waals surface area contributed by atoms with Gasteiger partial charge < -0.3 is 19.1 Å². The van der Waals surface area contributed by atoms with Crippen molar-refractivity contribution in [2.45, 2.75) is 45.6 Å². The van der Waals surface area contributed by atoms with Gasteiger partial charge in [-0.05, 0) is 13.3 Å². The van der Waals surface area contributed by atoms with E-state index < -0.39 is 17.4 Å². The molecule has 0 saturated carbocycles. The van der Waals surface area contributed by atoms with Crippen LogP contribution in [0, 0.1) is 5.41 Å². The number of hydrogen-bond acceptors (Lipinski definition) is 5. The zero-order chi connectivity index (χ0) is 16.0. The summed E-state index contributed by atoms with van der Waals surface area (Å²) in [5.74, 6) is -0.801. The van der Waals surface area contributed by atoms with Gasteiger partial charge in [0.15, 0.2) is 11.5 Å². The van der Waals surface area contributed by atoms with E-state index in [0.717, 1.165) is 45.7 Å². The predicted octanol–water partition coefficient (Wildman–Crippen LogP) is -0.0433. The fraction of sp³-hybridized carbons (Fsp3) is 0.875. The first-order valence-electron chi connectivity index (χ1n) is 8.42. The van der Waals surface area contributed by atoms with Gasteiger partial charge in [-0.1, -0.05) is 19.8 Å². The van der Waals surface area contributed by atoms with Crippen molar-refractivity contribution in [3.05, 3.63) is 0 Å². The van der Waals surface area contributed by atoms with Crippen molar-refractivity contribution in [2.24, 2.45) is 5.41 Å². The number of hydrogen-bond donors (Lipinski definition) is 1. The van der Waals surface area contributed by atoms with Gasteiger partial charge in [0.05, 0.1) is 19.8 Å². The van der Waals surface area contributed by atoms with Crippen molar-refractivity contribution in [2.75, 3.05) is 39.5 Å². The molecule has 0 bridgehead atoms. The molecule has 2 fully saturated rings. The van der Waals surface area contributed by atoms with Gasteiger partial charge in [-0.3, -0.25) is 9.59 Å². The SMILES string of the molecule is CCCC[C@]1(C(=O)OCC)C[C@@H](C[NH+]2CCOCC2)OC1=O. The van der Waals surface area contributed by atoms with Crippen LogP contribution in [0.25, 0.3) is 0 Å². The topological polar surface area (TPSA) is 66.3 Å². The summed E-state index contributed by atoms with van der Waals surface area (Å²) in [7, 11) is 0. The van der Waals surface area contributed by atoms with Crippen LogP contribution in [0.5, 0.6) is 0 Å². The van der Waals surface area contributed by atoms with Crippen molar-refractivity contribution < 1.29 is 28.7 Å². The minimum Gasteiger partial charge on any atom is -0.465 e. The minimum atomic E-state index is -1.08. The van der Waals surface area contributed by atoms with E-state index in [1.807, 2.05) is 0 Å². The molecule has 2 saturated heterocycles. The van der Waals surface area contributed by atoms with Crippen LogP contribution < -0.4 is 4.90 Å². The summed E-state index contributed by atoms with van der Waals surface area (Å²) in [5, 5.41) is 0. The third-order valence-electron chi connectivity index (χ3n) is 4.58. The van der Waals surface area contributed by atoms with Crippen molar-refractivity contribution >= 4 is 11.9 Å². The van der Waals surface area contributed by atoms with E-state index in [2.05, 4.69) is 6.92 Å². The number of carbonyl (C=O) groups excluding carboxylic acids is 2. The number of nitrogens with one attached hydrogen (secondary N) is 1. The third-order valence-corrected chi connectivity index (χ3v) is 4.58. The second-order valence-corrected chi connectivity index (χ2v) is 6.20. The van der Waals surface area contributed by atoms with Gasteiger partial charge in [-0.2, -0.15) is 0 Å². The van der Waals surface area contributed by atoms with Crippen molar-refractivity contribution in [1.82, 2.24) is 0 Å². The first-order chi connectivity index (χ1) is 10.6. The average Bonchev–Trinajstić information content (AvgIpc) is 2.83. The Balaban J connectivity index is 2.02. The molecule has 0 aromatic rings. The number of morpholine rings is 1. The Morgan fingerprint density at radius 2 is 2.09 bits per heavy atom. The first kappa shape index (κ1) is 17.2. The molecule has 1 N–H and O–H groups in total. The van der Waals surface area contributed by atoms with Gasteiger partial charge >= 0.3 is 11.9 Å². The summed E-state index contributed by atoms with van der Waals surface area (Å²) in [6.07, 6.45) is 2.55. The first-order valence-corrected chi connectivity index (χ1v) is 8.42. The van der Waals surface area contributed by atoms with E-state index >= 15 is 0 Å². The molecule has 2 atom stereocenters. The number of unbranched alkanes of at least 4 members (excludes halogenated alkanes) is 1. The van der Waals surface area contributed by atoms with E-state index in [1.54, 1.807) is 6.92 Å². The molecule has 0 aromatic carbocycles. The van der Waals surface area contributed by atoms with Crippen LogP contribution >= 0.6 is 0 Å². The molecule has 0 radical (unpaired) electrons. The second kappa shape index (κ2) is 7.92. The standard InChI is InChI=1S/C16H27NO5/c1-3-5-6-16(14(18)21-4-2)11-13(22-15(16)19)12-17-7-9-20-10-8-17/h13H,3-12H2,1-2H3/p+1/t13-,16+/m0/s1. The molecule has 22 heavy (non-hydrogen) atoms. The maximum absolute atomic E-state index is 12.4. The zero-order valence-corrected chi connectivity index (χ0v) is 13.7. The molecule has 0 aromatic heterocycles. The Morgan fingerprint density at radius 3 is 2.73 bits per heavy atom. The minimum absolute atomic E-state index is 0.193.